The van der Waals surface area contributed by atoms with Crippen molar-refractivity contribution in [3.63, 3.8) is 0 Å². The molecular weight excluding hydrogens is 546 g/mol. The van der Waals surface area contributed by atoms with E-state index in [4.69, 9.17) is 32.7 Å². The lowest BCUT2D eigenvalue weighted by Crippen LogP contribution is -2.54. The van der Waals surface area contributed by atoms with Crippen LogP contribution in [-0.4, -0.2) is 24.5 Å². The number of carbonyl (C=O) groups excluding carboxylic acids is 3. The molecule has 0 bridgehead atoms. The summed E-state index contributed by atoms with van der Waals surface area (Å²) in [5, 5.41) is 2.56. The van der Waals surface area contributed by atoms with Crippen LogP contribution >= 0.6 is 23.2 Å². The highest BCUT2D eigenvalue weighted by molar-refractivity contribution is 6.43. The average Bonchev–Trinajstić information content (AvgIpc) is 2.88. The predicted molar refractivity (Wildman–Crippen MR) is 148 cm³/mol. The van der Waals surface area contributed by atoms with Crippen LogP contribution in [-0.2, 0) is 22.6 Å². The molecule has 4 amide bonds. The number of hydrogen-bond donors (Lipinski definition) is 1. The number of urea groups is 1. The first-order valence-electron chi connectivity index (χ1n) is 11.9. The topological polar surface area (TPSA) is 84.9 Å². The van der Waals surface area contributed by atoms with Crippen molar-refractivity contribution in [1.82, 2.24) is 5.32 Å². The fraction of sp³-hybridized carbons (Fsp3) is 0.138. The standard InChI is InChI=1S/C29H23Cl2FN2O5/c1-3-6-19-11-18(14-25(38-4-2)26(19)39-16-17-7-5-8-20(32)12-17)13-22-27(35)33-29(37)34(28(22)36)21-9-10-23(30)24(31)15-21/h3,5,7-15H,1,4,6,16H2,2H3,(H,33,35,37)/b22-13+. The maximum absolute atomic E-state index is 13.6. The van der Waals surface area contributed by atoms with Crippen LogP contribution in [0, 0.1) is 5.82 Å². The summed E-state index contributed by atoms with van der Waals surface area (Å²) in [7, 11) is 0. The molecule has 3 aromatic rings. The van der Waals surface area contributed by atoms with E-state index in [0.717, 1.165) is 4.90 Å². The first-order chi connectivity index (χ1) is 18.7. The van der Waals surface area contributed by atoms with E-state index in [0.29, 0.717) is 41.2 Å². The minimum atomic E-state index is -0.913. The lowest BCUT2D eigenvalue weighted by Gasteiger charge is -2.26. The first-order valence-corrected chi connectivity index (χ1v) is 12.6. The molecule has 4 rings (SSSR count). The number of ether oxygens (including phenoxy) is 2. The van der Waals surface area contributed by atoms with Gasteiger partial charge in [0.25, 0.3) is 11.8 Å². The maximum Gasteiger partial charge on any atom is 0.335 e. The van der Waals surface area contributed by atoms with Gasteiger partial charge in [-0.25, -0.2) is 14.1 Å². The fourth-order valence-electron chi connectivity index (χ4n) is 3.97. The molecule has 1 heterocycles. The van der Waals surface area contributed by atoms with E-state index in [1.807, 2.05) is 0 Å². The molecule has 3 aromatic carbocycles. The average molecular weight is 569 g/mol. The summed E-state index contributed by atoms with van der Waals surface area (Å²) in [4.78, 5) is 39.4. The van der Waals surface area contributed by atoms with Crippen molar-refractivity contribution in [2.45, 2.75) is 20.0 Å². The molecule has 0 aromatic heterocycles. The summed E-state index contributed by atoms with van der Waals surface area (Å²) in [5.74, 6) is -1.28. The van der Waals surface area contributed by atoms with E-state index in [2.05, 4.69) is 11.9 Å². The highest BCUT2D eigenvalue weighted by Gasteiger charge is 2.37. The van der Waals surface area contributed by atoms with Crippen LogP contribution in [0.2, 0.25) is 10.0 Å². The van der Waals surface area contributed by atoms with Gasteiger partial charge in [-0.3, -0.25) is 14.9 Å². The number of barbiturate groups is 1. The molecule has 200 valence electrons. The summed E-state index contributed by atoms with van der Waals surface area (Å²) in [6.45, 7) is 5.99. The number of allylic oxidation sites excluding steroid dienone is 1. The van der Waals surface area contributed by atoms with Gasteiger partial charge in [-0.1, -0.05) is 41.4 Å². The molecule has 1 aliphatic rings. The van der Waals surface area contributed by atoms with Gasteiger partial charge in [0.2, 0.25) is 0 Å². The molecule has 39 heavy (non-hydrogen) atoms. The zero-order chi connectivity index (χ0) is 28.1. The fourth-order valence-corrected chi connectivity index (χ4v) is 4.26. The van der Waals surface area contributed by atoms with Crippen molar-refractivity contribution >= 4 is 52.8 Å². The predicted octanol–water partition coefficient (Wildman–Crippen LogP) is 6.51. The Hall–Kier alpha value is -4.14. The van der Waals surface area contributed by atoms with Crippen LogP contribution < -0.4 is 19.7 Å². The van der Waals surface area contributed by atoms with Gasteiger partial charge < -0.3 is 9.47 Å². The van der Waals surface area contributed by atoms with Gasteiger partial charge >= 0.3 is 6.03 Å². The van der Waals surface area contributed by atoms with Crippen molar-refractivity contribution in [2.75, 3.05) is 11.5 Å². The largest absolute Gasteiger partial charge is 0.490 e. The van der Waals surface area contributed by atoms with Crippen LogP contribution in [0.1, 0.15) is 23.6 Å². The summed E-state index contributed by atoms with van der Waals surface area (Å²) in [6.07, 6.45) is 3.41. The molecule has 1 fully saturated rings. The van der Waals surface area contributed by atoms with E-state index in [9.17, 15) is 18.8 Å². The number of nitrogens with zero attached hydrogens (tertiary/aromatic N) is 1. The minimum absolute atomic E-state index is 0.0873. The Morgan fingerprint density at radius 1 is 1.03 bits per heavy atom. The van der Waals surface area contributed by atoms with Crippen molar-refractivity contribution in [3.8, 4) is 11.5 Å². The second kappa shape index (κ2) is 12.1. The third-order valence-corrected chi connectivity index (χ3v) is 6.40. The first kappa shape index (κ1) is 27.9. The van der Waals surface area contributed by atoms with Crippen LogP contribution in [0.3, 0.4) is 0 Å². The zero-order valence-electron chi connectivity index (χ0n) is 20.8. The quantitative estimate of drug-likeness (QED) is 0.181. The van der Waals surface area contributed by atoms with E-state index >= 15 is 0 Å². The highest BCUT2D eigenvalue weighted by Crippen LogP contribution is 2.36. The second-order valence-corrected chi connectivity index (χ2v) is 9.22. The third kappa shape index (κ3) is 6.30. The Labute approximate surface area is 234 Å². The molecule has 1 aliphatic heterocycles. The lowest BCUT2D eigenvalue weighted by molar-refractivity contribution is -0.122. The molecule has 0 spiro atoms. The van der Waals surface area contributed by atoms with Gasteiger partial charge in [0, 0.05) is 5.56 Å². The van der Waals surface area contributed by atoms with E-state index < -0.39 is 17.8 Å². The van der Waals surface area contributed by atoms with Gasteiger partial charge in [-0.2, -0.15) is 0 Å². The van der Waals surface area contributed by atoms with Crippen molar-refractivity contribution in [1.29, 1.82) is 0 Å². The lowest BCUT2D eigenvalue weighted by atomic mass is 10.0. The number of carbonyl (C=O) groups is 3. The summed E-state index contributed by atoms with van der Waals surface area (Å²) in [5.41, 5.74) is 1.62. The second-order valence-electron chi connectivity index (χ2n) is 8.41. The highest BCUT2D eigenvalue weighted by atomic mass is 35.5. The Morgan fingerprint density at radius 2 is 1.82 bits per heavy atom. The molecule has 10 heteroatoms. The van der Waals surface area contributed by atoms with E-state index in [1.165, 1.54) is 36.4 Å². The SMILES string of the molecule is C=CCc1cc(/C=C2\C(=O)NC(=O)N(c3ccc(Cl)c(Cl)c3)C2=O)cc(OCC)c1OCc1cccc(F)c1. The molecule has 0 saturated carbocycles. The van der Waals surface area contributed by atoms with Crippen LogP contribution in [0.4, 0.5) is 14.9 Å². The number of nitrogens with one attached hydrogen (secondary N) is 1. The molecule has 1 saturated heterocycles. The number of benzene rings is 3. The Kier molecular flexibility index (Phi) is 8.69. The minimum Gasteiger partial charge on any atom is -0.490 e. The number of halogens is 3. The molecular formula is C29H23Cl2FN2O5. The van der Waals surface area contributed by atoms with E-state index in [1.54, 1.807) is 37.3 Å². The van der Waals surface area contributed by atoms with Gasteiger partial charge in [-0.15, -0.1) is 6.58 Å². The number of amides is 4. The maximum atomic E-state index is 13.6. The van der Waals surface area contributed by atoms with Crippen LogP contribution in [0.25, 0.3) is 6.08 Å². The van der Waals surface area contributed by atoms with Gasteiger partial charge in [0.1, 0.15) is 18.0 Å². The van der Waals surface area contributed by atoms with E-state index in [-0.39, 0.29) is 33.7 Å². The van der Waals surface area contributed by atoms with Crippen LogP contribution in [0.15, 0.2) is 72.8 Å². The molecule has 1 N–H and O–H groups in total. The summed E-state index contributed by atoms with van der Waals surface area (Å²) < 4.78 is 25.5. The summed E-state index contributed by atoms with van der Waals surface area (Å²) >= 11 is 12.0. The van der Waals surface area contributed by atoms with Gasteiger partial charge in [0.15, 0.2) is 11.5 Å². The molecule has 0 unspecified atom stereocenters. The number of anilines is 1. The summed E-state index contributed by atoms with van der Waals surface area (Å²) in [6, 6.07) is 12.7. The van der Waals surface area contributed by atoms with Gasteiger partial charge in [-0.05, 0) is 73.0 Å². The zero-order valence-corrected chi connectivity index (χ0v) is 22.3. The molecule has 0 radical (unpaired) electrons. The Bertz CT molecular complexity index is 1500. The molecule has 0 aliphatic carbocycles. The monoisotopic (exact) mass is 568 g/mol. The molecule has 7 nitrogen and oxygen atoms in total. The number of imide groups is 2. The molecule has 0 atom stereocenters. The Balaban J connectivity index is 1.72. The normalized spacial score (nSPS) is 14.4. The Morgan fingerprint density at radius 3 is 2.51 bits per heavy atom. The van der Waals surface area contributed by atoms with Crippen molar-refractivity contribution in [2.24, 2.45) is 0 Å². The van der Waals surface area contributed by atoms with Crippen molar-refractivity contribution in [3.05, 3.63) is 105 Å². The number of hydrogen-bond acceptors (Lipinski definition) is 5. The smallest absolute Gasteiger partial charge is 0.335 e. The van der Waals surface area contributed by atoms with Crippen molar-refractivity contribution < 1.29 is 28.2 Å². The third-order valence-electron chi connectivity index (χ3n) is 5.66. The van der Waals surface area contributed by atoms with Gasteiger partial charge in [0.05, 0.1) is 22.3 Å². The van der Waals surface area contributed by atoms with Crippen LogP contribution in [0.5, 0.6) is 11.5 Å². The number of rotatable bonds is 9.